The van der Waals surface area contributed by atoms with Crippen LogP contribution in [0.1, 0.15) is 28.5 Å². The normalized spacial score (nSPS) is 10.5. The van der Waals surface area contributed by atoms with Gasteiger partial charge in [0, 0.05) is 6.54 Å². The summed E-state index contributed by atoms with van der Waals surface area (Å²) >= 11 is 0. The van der Waals surface area contributed by atoms with E-state index in [0.717, 1.165) is 17.7 Å². The first kappa shape index (κ1) is 18.4. The molecular formula is C20H22N4O3. The van der Waals surface area contributed by atoms with Crippen LogP contribution in [0.25, 0.3) is 5.69 Å². The Bertz CT molecular complexity index is 919. The number of aromatic nitrogens is 3. The molecule has 140 valence electrons. The second-order valence-corrected chi connectivity index (χ2v) is 5.94. The largest absolute Gasteiger partial charge is 0.493 e. The van der Waals surface area contributed by atoms with Crippen molar-refractivity contribution in [3.05, 3.63) is 65.5 Å². The van der Waals surface area contributed by atoms with Gasteiger partial charge in [-0.2, -0.15) is 0 Å². The second-order valence-electron chi connectivity index (χ2n) is 5.94. The maximum absolute atomic E-state index is 12.4. The SMILES string of the molecule is CCc1ccc(-n2cc(C(=O)NCc3ccc(OC)c(OC)c3)nn2)cc1. The standard InChI is InChI=1S/C20H22N4O3/c1-4-14-5-8-16(9-6-14)24-13-17(22-23-24)20(25)21-12-15-7-10-18(26-2)19(11-15)27-3/h5-11,13H,4,12H2,1-3H3,(H,21,25). The molecule has 27 heavy (non-hydrogen) atoms. The molecule has 7 nitrogen and oxygen atoms in total. The van der Waals surface area contributed by atoms with Gasteiger partial charge in [-0.05, 0) is 41.8 Å². The molecule has 0 fully saturated rings. The molecule has 1 heterocycles. The number of methoxy groups -OCH3 is 2. The fraction of sp³-hybridized carbons (Fsp3) is 0.250. The van der Waals surface area contributed by atoms with E-state index in [4.69, 9.17) is 9.47 Å². The molecule has 0 radical (unpaired) electrons. The fourth-order valence-corrected chi connectivity index (χ4v) is 2.64. The number of nitrogens with zero attached hydrogens (tertiary/aromatic N) is 3. The first-order chi connectivity index (χ1) is 13.1. The third-order valence-electron chi connectivity index (χ3n) is 4.24. The molecule has 0 saturated heterocycles. The van der Waals surface area contributed by atoms with E-state index in [0.29, 0.717) is 18.0 Å². The zero-order valence-corrected chi connectivity index (χ0v) is 15.6. The first-order valence-corrected chi connectivity index (χ1v) is 8.65. The fourth-order valence-electron chi connectivity index (χ4n) is 2.64. The number of aryl methyl sites for hydroxylation is 1. The quantitative estimate of drug-likeness (QED) is 0.696. The Morgan fingerprint density at radius 3 is 2.41 bits per heavy atom. The summed E-state index contributed by atoms with van der Waals surface area (Å²) < 4.78 is 12.1. The van der Waals surface area contributed by atoms with Gasteiger partial charge in [-0.15, -0.1) is 5.10 Å². The topological polar surface area (TPSA) is 78.3 Å². The number of amides is 1. The molecular weight excluding hydrogens is 344 g/mol. The lowest BCUT2D eigenvalue weighted by Gasteiger charge is -2.09. The smallest absolute Gasteiger partial charge is 0.273 e. The minimum absolute atomic E-state index is 0.259. The number of carbonyl (C=O) groups excluding carboxylic acids is 1. The van der Waals surface area contributed by atoms with Crippen LogP contribution in [0.5, 0.6) is 11.5 Å². The number of benzene rings is 2. The van der Waals surface area contributed by atoms with Crippen LogP contribution in [-0.2, 0) is 13.0 Å². The van der Waals surface area contributed by atoms with E-state index in [1.807, 2.05) is 36.4 Å². The Labute approximate surface area is 157 Å². The van der Waals surface area contributed by atoms with Crippen molar-refractivity contribution in [3.8, 4) is 17.2 Å². The van der Waals surface area contributed by atoms with Crippen molar-refractivity contribution in [2.24, 2.45) is 0 Å². The van der Waals surface area contributed by atoms with E-state index < -0.39 is 0 Å². The van der Waals surface area contributed by atoms with Crippen molar-refractivity contribution in [1.29, 1.82) is 0 Å². The van der Waals surface area contributed by atoms with Gasteiger partial charge in [-0.3, -0.25) is 4.79 Å². The highest BCUT2D eigenvalue weighted by Gasteiger charge is 2.12. The molecule has 0 saturated carbocycles. The molecule has 2 aromatic carbocycles. The van der Waals surface area contributed by atoms with Gasteiger partial charge in [0.2, 0.25) is 0 Å². The van der Waals surface area contributed by atoms with Gasteiger partial charge in [0.1, 0.15) is 0 Å². The molecule has 0 atom stereocenters. The molecule has 3 aromatic rings. The summed E-state index contributed by atoms with van der Waals surface area (Å²) in [6, 6.07) is 13.5. The highest BCUT2D eigenvalue weighted by atomic mass is 16.5. The first-order valence-electron chi connectivity index (χ1n) is 8.65. The number of rotatable bonds is 7. The average Bonchev–Trinajstić information content (AvgIpc) is 3.22. The Morgan fingerprint density at radius 1 is 1.04 bits per heavy atom. The molecule has 0 spiro atoms. The number of hydrogen-bond donors (Lipinski definition) is 1. The van der Waals surface area contributed by atoms with Crippen molar-refractivity contribution in [1.82, 2.24) is 20.3 Å². The van der Waals surface area contributed by atoms with E-state index in [1.165, 1.54) is 5.56 Å². The zero-order valence-electron chi connectivity index (χ0n) is 15.6. The van der Waals surface area contributed by atoms with E-state index in [1.54, 1.807) is 31.2 Å². The van der Waals surface area contributed by atoms with Crippen molar-refractivity contribution < 1.29 is 14.3 Å². The highest BCUT2D eigenvalue weighted by molar-refractivity contribution is 5.91. The maximum atomic E-state index is 12.4. The van der Waals surface area contributed by atoms with Crippen LogP contribution in [0.3, 0.4) is 0 Å². The number of ether oxygens (including phenoxy) is 2. The Kier molecular flexibility index (Phi) is 5.71. The van der Waals surface area contributed by atoms with Crippen LogP contribution in [0, 0.1) is 0 Å². The molecule has 7 heteroatoms. The van der Waals surface area contributed by atoms with Crippen LogP contribution in [0.15, 0.2) is 48.7 Å². The number of nitrogens with one attached hydrogen (secondary N) is 1. The number of hydrogen-bond acceptors (Lipinski definition) is 5. The summed E-state index contributed by atoms with van der Waals surface area (Å²) in [4.78, 5) is 12.4. The van der Waals surface area contributed by atoms with Crippen molar-refractivity contribution in [3.63, 3.8) is 0 Å². The van der Waals surface area contributed by atoms with Gasteiger partial charge in [0.25, 0.3) is 5.91 Å². The minimum atomic E-state index is -0.291. The Balaban J connectivity index is 1.65. The molecule has 1 amide bonds. The molecule has 1 N–H and O–H groups in total. The predicted molar refractivity (Wildman–Crippen MR) is 101 cm³/mol. The van der Waals surface area contributed by atoms with Gasteiger partial charge in [-0.1, -0.05) is 30.3 Å². The maximum Gasteiger partial charge on any atom is 0.273 e. The van der Waals surface area contributed by atoms with Crippen LogP contribution >= 0.6 is 0 Å². The summed E-state index contributed by atoms with van der Waals surface area (Å²) in [7, 11) is 3.16. The second kappa shape index (κ2) is 8.35. The van der Waals surface area contributed by atoms with Crippen molar-refractivity contribution in [2.75, 3.05) is 14.2 Å². The monoisotopic (exact) mass is 366 g/mol. The predicted octanol–water partition coefficient (Wildman–Crippen LogP) is 2.78. The Morgan fingerprint density at radius 2 is 1.74 bits per heavy atom. The van der Waals surface area contributed by atoms with E-state index in [2.05, 4.69) is 22.6 Å². The minimum Gasteiger partial charge on any atom is -0.493 e. The summed E-state index contributed by atoms with van der Waals surface area (Å²) in [6.07, 6.45) is 2.59. The molecule has 0 unspecified atom stereocenters. The Hall–Kier alpha value is -3.35. The van der Waals surface area contributed by atoms with Gasteiger partial charge in [0.05, 0.1) is 26.1 Å². The molecule has 0 aliphatic carbocycles. The van der Waals surface area contributed by atoms with E-state index in [9.17, 15) is 4.79 Å². The van der Waals surface area contributed by atoms with Gasteiger partial charge in [0.15, 0.2) is 17.2 Å². The van der Waals surface area contributed by atoms with Crippen molar-refractivity contribution in [2.45, 2.75) is 19.9 Å². The van der Waals surface area contributed by atoms with Crippen LogP contribution in [0.2, 0.25) is 0 Å². The average molecular weight is 366 g/mol. The molecule has 0 bridgehead atoms. The molecule has 0 aliphatic heterocycles. The summed E-state index contributed by atoms with van der Waals surface area (Å²) in [5.41, 5.74) is 3.25. The third-order valence-corrected chi connectivity index (χ3v) is 4.24. The summed E-state index contributed by atoms with van der Waals surface area (Å²) in [6.45, 7) is 2.45. The van der Waals surface area contributed by atoms with Crippen LogP contribution in [0.4, 0.5) is 0 Å². The van der Waals surface area contributed by atoms with E-state index >= 15 is 0 Å². The lowest BCUT2D eigenvalue weighted by Crippen LogP contribution is -2.23. The summed E-state index contributed by atoms with van der Waals surface area (Å²) in [5, 5.41) is 10.8. The van der Waals surface area contributed by atoms with Crippen LogP contribution < -0.4 is 14.8 Å². The van der Waals surface area contributed by atoms with Gasteiger partial charge in [-0.25, -0.2) is 4.68 Å². The number of carbonyl (C=O) groups is 1. The highest BCUT2D eigenvalue weighted by Crippen LogP contribution is 2.27. The molecule has 1 aromatic heterocycles. The van der Waals surface area contributed by atoms with Gasteiger partial charge >= 0.3 is 0 Å². The van der Waals surface area contributed by atoms with E-state index in [-0.39, 0.29) is 11.6 Å². The lowest BCUT2D eigenvalue weighted by molar-refractivity contribution is 0.0946. The van der Waals surface area contributed by atoms with Crippen molar-refractivity contribution >= 4 is 5.91 Å². The summed E-state index contributed by atoms with van der Waals surface area (Å²) in [5.74, 6) is 0.969. The zero-order chi connectivity index (χ0) is 19.2. The van der Waals surface area contributed by atoms with Crippen LogP contribution in [-0.4, -0.2) is 35.1 Å². The van der Waals surface area contributed by atoms with Gasteiger partial charge < -0.3 is 14.8 Å². The molecule has 0 aliphatic rings. The lowest BCUT2D eigenvalue weighted by atomic mass is 10.1. The third kappa shape index (κ3) is 4.25. The molecule has 3 rings (SSSR count).